The minimum Gasteiger partial charge on any atom is -0.508 e. The fourth-order valence-corrected chi connectivity index (χ4v) is 2.89. The second kappa shape index (κ2) is 6.94. The molecule has 2 aromatic carbocycles. The molecule has 24 heavy (non-hydrogen) atoms. The molecular weight excluding hydrogens is 351 g/mol. The number of nitrogens with zero attached hydrogens (tertiary/aromatic N) is 2. The van der Waals surface area contributed by atoms with Gasteiger partial charge in [-0.1, -0.05) is 23.4 Å². The van der Waals surface area contributed by atoms with Gasteiger partial charge in [0.15, 0.2) is 0 Å². The van der Waals surface area contributed by atoms with Crippen LogP contribution in [-0.2, 0) is 0 Å². The zero-order chi connectivity index (χ0) is 17.1. The standard InChI is InChI=1S/C16H12ClFN4OS/c17-9-1-6-13(12(18)7-9)24-14-8-20-16(19)22-15(14)21-10-2-4-11(23)5-3-10/h1-8,23H,(H3,19,20,21,22). The molecule has 0 unspecified atom stereocenters. The van der Waals surface area contributed by atoms with Crippen LogP contribution in [0, 0.1) is 5.82 Å². The number of benzene rings is 2. The molecule has 0 bridgehead atoms. The molecule has 1 heterocycles. The maximum absolute atomic E-state index is 14.0. The third-order valence-corrected chi connectivity index (χ3v) is 4.32. The first-order valence-corrected chi connectivity index (χ1v) is 8.02. The molecule has 0 saturated heterocycles. The number of aromatic hydroxyl groups is 1. The molecule has 0 atom stereocenters. The fraction of sp³-hybridized carbons (Fsp3) is 0. The Labute approximate surface area is 146 Å². The molecule has 4 N–H and O–H groups in total. The van der Waals surface area contributed by atoms with Crippen LogP contribution >= 0.6 is 23.4 Å². The SMILES string of the molecule is Nc1ncc(Sc2ccc(Cl)cc2F)c(Nc2ccc(O)cc2)n1. The summed E-state index contributed by atoms with van der Waals surface area (Å²) in [7, 11) is 0. The van der Waals surface area contributed by atoms with Crippen molar-refractivity contribution in [2.75, 3.05) is 11.1 Å². The van der Waals surface area contributed by atoms with E-state index in [1.54, 1.807) is 36.4 Å². The Morgan fingerprint density at radius 1 is 1.12 bits per heavy atom. The van der Waals surface area contributed by atoms with Gasteiger partial charge in [-0.25, -0.2) is 9.37 Å². The van der Waals surface area contributed by atoms with Gasteiger partial charge in [0.25, 0.3) is 0 Å². The molecule has 8 heteroatoms. The van der Waals surface area contributed by atoms with Crippen LogP contribution in [0.4, 0.5) is 21.8 Å². The maximum atomic E-state index is 14.0. The average Bonchev–Trinajstić information content (AvgIpc) is 2.54. The maximum Gasteiger partial charge on any atom is 0.222 e. The Morgan fingerprint density at radius 2 is 1.88 bits per heavy atom. The van der Waals surface area contributed by atoms with Gasteiger partial charge in [0, 0.05) is 21.8 Å². The van der Waals surface area contributed by atoms with Gasteiger partial charge in [-0.2, -0.15) is 4.98 Å². The van der Waals surface area contributed by atoms with Crippen molar-refractivity contribution in [2.45, 2.75) is 9.79 Å². The van der Waals surface area contributed by atoms with Crippen LogP contribution < -0.4 is 11.1 Å². The summed E-state index contributed by atoms with van der Waals surface area (Å²) in [6.45, 7) is 0. The number of phenols is 1. The van der Waals surface area contributed by atoms with Gasteiger partial charge in [0.2, 0.25) is 5.95 Å². The monoisotopic (exact) mass is 362 g/mol. The van der Waals surface area contributed by atoms with Crippen molar-refractivity contribution >= 4 is 40.8 Å². The number of hydrogen-bond acceptors (Lipinski definition) is 6. The molecule has 0 fully saturated rings. The van der Waals surface area contributed by atoms with Gasteiger partial charge in [-0.15, -0.1) is 0 Å². The Kier molecular flexibility index (Phi) is 4.73. The zero-order valence-electron chi connectivity index (χ0n) is 12.2. The molecular formula is C16H12ClFN4OS. The summed E-state index contributed by atoms with van der Waals surface area (Å²) in [4.78, 5) is 9.10. The fourth-order valence-electron chi connectivity index (χ4n) is 1.91. The Hall–Kier alpha value is -2.51. The van der Waals surface area contributed by atoms with E-state index in [4.69, 9.17) is 17.3 Å². The number of phenolic OH excluding ortho intramolecular Hbond substituents is 1. The molecule has 1 aromatic heterocycles. The summed E-state index contributed by atoms with van der Waals surface area (Å²) in [5.41, 5.74) is 6.34. The zero-order valence-corrected chi connectivity index (χ0v) is 13.8. The lowest BCUT2D eigenvalue weighted by Crippen LogP contribution is -2.01. The Bertz CT molecular complexity index is 876. The Morgan fingerprint density at radius 3 is 2.58 bits per heavy atom. The van der Waals surface area contributed by atoms with E-state index in [9.17, 15) is 9.50 Å². The van der Waals surface area contributed by atoms with Crippen LogP contribution in [-0.4, -0.2) is 15.1 Å². The third kappa shape index (κ3) is 3.87. The van der Waals surface area contributed by atoms with Crippen LogP contribution in [0.3, 0.4) is 0 Å². The first-order chi connectivity index (χ1) is 11.5. The molecule has 0 aliphatic heterocycles. The van der Waals surface area contributed by atoms with E-state index >= 15 is 0 Å². The van der Waals surface area contributed by atoms with Crippen molar-refractivity contribution in [3.05, 3.63) is 59.5 Å². The van der Waals surface area contributed by atoms with E-state index in [1.165, 1.54) is 12.3 Å². The molecule has 0 radical (unpaired) electrons. The second-order valence-electron chi connectivity index (χ2n) is 4.79. The minimum absolute atomic E-state index is 0.0946. The predicted octanol–water partition coefficient (Wildman–Crippen LogP) is 4.45. The summed E-state index contributed by atoms with van der Waals surface area (Å²) < 4.78 is 14.0. The van der Waals surface area contributed by atoms with E-state index in [0.717, 1.165) is 11.8 Å². The molecule has 0 aliphatic carbocycles. The second-order valence-corrected chi connectivity index (χ2v) is 6.31. The van der Waals surface area contributed by atoms with Crippen molar-refractivity contribution in [1.29, 1.82) is 0 Å². The normalized spacial score (nSPS) is 10.6. The predicted molar refractivity (Wildman–Crippen MR) is 93.4 cm³/mol. The molecule has 3 aromatic rings. The third-order valence-electron chi connectivity index (χ3n) is 3.02. The largest absolute Gasteiger partial charge is 0.508 e. The number of rotatable bonds is 4. The van der Waals surface area contributed by atoms with Crippen molar-refractivity contribution in [3.63, 3.8) is 0 Å². The van der Waals surface area contributed by atoms with Gasteiger partial charge in [0.1, 0.15) is 17.4 Å². The van der Waals surface area contributed by atoms with Crippen molar-refractivity contribution in [3.8, 4) is 5.75 Å². The van der Waals surface area contributed by atoms with Crippen LogP contribution in [0.1, 0.15) is 0 Å². The van der Waals surface area contributed by atoms with Crippen molar-refractivity contribution < 1.29 is 9.50 Å². The number of halogens is 2. The van der Waals surface area contributed by atoms with Crippen LogP contribution in [0.25, 0.3) is 0 Å². The Balaban J connectivity index is 1.91. The van der Waals surface area contributed by atoms with Gasteiger partial charge >= 0.3 is 0 Å². The van der Waals surface area contributed by atoms with E-state index in [1.807, 2.05) is 0 Å². The molecule has 0 saturated carbocycles. The quantitative estimate of drug-likeness (QED) is 0.594. The number of nitrogen functional groups attached to an aromatic ring is 1. The molecule has 5 nitrogen and oxygen atoms in total. The lowest BCUT2D eigenvalue weighted by atomic mass is 10.3. The molecule has 122 valence electrons. The number of nitrogens with one attached hydrogen (secondary N) is 1. The number of anilines is 3. The molecule has 0 spiro atoms. The number of aromatic nitrogens is 2. The van der Waals surface area contributed by atoms with Crippen LogP contribution in [0.2, 0.25) is 5.02 Å². The topological polar surface area (TPSA) is 84.1 Å². The van der Waals surface area contributed by atoms with Crippen molar-refractivity contribution in [2.24, 2.45) is 0 Å². The summed E-state index contributed by atoms with van der Waals surface area (Å²) in [6, 6.07) is 10.9. The highest BCUT2D eigenvalue weighted by Crippen LogP contribution is 2.35. The average molecular weight is 363 g/mol. The first kappa shape index (κ1) is 16.4. The summed E-state index contributed by atoms with van der Waals surface area (Å²) >= 11 is 6.92. The van der Waals surface area contributed by atoms with E-state index in [2.05, 4.69) is 15.3 Å². The van der Waals surface area contributed by atoms with E-state index in [0.29, 0.717) is 26.3 Å². The van der Waals surface area contributed by atoms with Crippen LogP contribution in [0.5, 0.6) is 5.75 Å². The lowest BCUT2D eigenvalue weighted by Gasteiger charge is -2.11. The number of hydrogen-bond donors (Lipinski definition) is 3. The van der Waals surface area contributed by atoms with E-state index in [-0.39, 0.29) is 11.7 Å². The van der Waals surface area contributed by atoms with Gasteiger partial charge in [-0.05, 0) is 42.5 Å². The summed E-state index contributed by atoms with van der Waals surface area (Å²) in [6.07, 6.45) is 1.52. The van der Waals surface area contributed by atoms with E-state index < -0.39 is 5.82 Å². The summed E-state index contributed by atoms with van der Waals surface area (Å²) in [5.74, 6) is 0.255. The van der Waals surface area contributed by atoms with Crippen molar-refractivity contribution in [1.82, 2.24) is 9.97 Å². The molecule has 3 rings (SSSR count). The smallest absolute Gasteiger partial charge is 0.222 e. The highest BCUT2D eigenvalue weighted by atomic mass is 35.5. The highest BCUT2D eigenvalue weighted by molar-refractivity contribution is 7.99. The van der Waals surface area contributed by atoms with Crippen LogP contribution in [0.15, 0.2) is 58.5 Å². The minimum atomic E-state index is -0.431. The number of nitrogens with two attached hydrogens (primary N) is 1. The van der Waals surface area contributed by atoms with Gasteiger partial charge in [-0.3, -0.25) is 0 Å². The highest BCUT2D eigenvalue weighted by Gasteiger charge is 2.12. The van der Waals surface area contributed by atoms with Gasteiger partial charge in [0.05, 0.1) is 4.90 Å². The lowest BCUT2D eigenvalue weighted by molar-refractivity contribution is 0.475. The first-order valence-electron chi connectivity index (χ1n) is 6.83. The molecule has 0 amide bonds. The van der Waals surface area contributed by atoms with Gasteiger partial charge < -0.3 is 16.2 Å². The molecule has 0 aliphatic rings. The summed E-state index contributed by atoms with van der Waals surface area (Å²) in [5, 5.41) is 12.7.